The fourth-order valence-electron chi connectivity index (χ4n) is 1.23. The monoisotopic (exact) mass is 344 g/mol. The lowest BCUT2D eigenvalue weighted by Gasteiger charge is -1.90. The summed E-state index contributed by atoms with van der Waals surface area (Å²) >= 11 is 5.39. The fourth-order valence-corrected chi connectivity index (χ4v) is 1.77. The van der Waals surface area contributed by atoms with Crippen molar-refractivity contribution >= 4 is 69.8 Å². The number of benzene rings is 2. The zero-order chi connectivity index (χ0) is 11.6. The van der Waals surface area contributed by atoms with Crippen LogP contribution in [0.15, 0.2) is 60.7 Å². The van der Waals surface area contributed by atoms with Crippen molar-refractivity contribution in [3.8, 4) is 0 Å². The standard InChI is InChI=1S/2C7H7.2Al.3ClH/c2*1-7-5-3-2-4-6-7;;;;;/h2*2-6H,1H2;;;3*1H. The molecule has 0 aliphatic rings. The predicted molar refractivity (Wildman–Crippen MR) is 93.5 cm³/mol. The summed E-state index contributed by atoms with van der Waals surface area (Å²) in [6, 6.07) is 20.8. The Morgan fingerprint density at radius 3 is 0.947 bits per heavy atom. The van der Waals surface area contributed by atoms with Crippen LogP contribution in [-0.2, 0) is 10.6 Å². The van der Waals surface area contributed by atoms with Crippen molar-refractivity contribution in [1.82, 2.24) is 0 Å². The van der Waals surface area contributed by atoms with E-state index in [0.717, 1.165) is 10.6 Å². The molecule has 0 fully saturated rings. The van der Waals surface area contributed by atoms with Crippen LogP contribution in [0.4, 0.5) is 0 Å². The highest BCUT2D eigenvalue weighted by molar-refractivity contribution is 6.08. The first kappa shape index (κ1) is 24.4. The minimum atomic E-state index is 0. The van der Waals surface area contributed by atoms with Crippen LogP contribution in [0.5, 0.6) is 0 Å². The van der Waals surface area contributed by atoms with Crippen LogP contribution >= 0.6 is 37.2 Å². The molecule has 19 heavy (non-hydrogen) atoms. The maximum absolute atomic E-state index is 2.69. The van der Waals surface area contributed by atoms with Gasteiger partial charge >= 0.3 is 0 Å². The first-order valence-corrected chi connectivity index (χ1v) is 6.98. The molecule has 2 aromatic rings. The van der Waals surface area contributed by atoms with E-state index < -0.39 is 0 Å². The normalized spacial score (nSPS) is 7.58. The number of halogens is 3. The van der Waals surface area contributed by atoms with Gasteiger partial charge in [-0.05, 0) is 0 Å². The largest absolute Gasteiger partial charge is 0.147 e. The Bertz CT molecular complexity index is 343. The zero-order valence-corrected chi connectivity index (χ0v) is 15.3. The number of hydrogen-bond acceptors (Lipinski definition) is 0. The summed E-state index contributed by atoms with van der Waals surface area (Å²) in [5, 5.41) is 2.11. The number of rotatable bonds is 2. The van der Waals surface area contributed by atoms with Crippen LogP contribution < -0.4 is 0 Å². The highest BCUT2D eigenvalue weighted by atomic mass is 35.5. The van der Waals surface area contributed by atoms with Gasteiger partial charge in [-0.15, -0.1) is 37.2 Å². The second-order valence-electron chi connectivity index (χ2n) is 3.38. The van der Waals surface area contributed by atoms with Crippen molar-refractivity contribution in [2.75, 3.05) is 0 Å². The molecule has 0 aliphatic carbocycles. The van der Waals surface area contributed by atoms with Gasteiger partial charge in [0, 0.05) is 0 Å². The van der Waals surface area contributed by atoms with Crippen molar-refractivity contribution in [2.45, 2.75) is 10.6 Å². The molecule has 0 aromatic heterocycles. The zero-order valence-electron chi connectivity index (χ0n) is 10.6. The Morgan fingerprint density at radius 2 is 0.789 bits per heavy atom. The van der Waals surface area contributed by atoms with Crippen LogP contribution in [-0.4, -0.2) is 32.6 Å². The molecule has 0 atom stereocenters. The van der Waals surface area contributed by atoms with E-state index in [1.54, 1.807) is 0 Å². The summed E-state index contributed by atoms with van der Waals surface area (Å²) in [5.74, 6) is 0. The minimum Gasteiger partial charge on any atom is -0.147 e. The molecule has 2 aromatic carbocycles. The van der Waals surface area contributed by atoms with Gasteiger partial charge in [0.25, 0.3) is 0 Å². The SMILES string of the molecule is Cl.Cl.Cl.[Al][CH2]c1ccccc1.[Al][CH2]c1ccccc1. The van der Waals surface area contributed by atoms with E-state index in [1.165, 1.54) is 11.1 Å². The van der Waals surface area contributed by atoms with Crippen LogP contribution in [0.25, 0.3) is 0 Å². The third-order valence-electron chi connectivity index (χ3n) is 2.16. The van der Waals surface area contributed by atoms with Crippen LogP contribution in [0.2, 0.25) is 0 Å². The molecule has 0 saturated heterocycles. The summed E-state index contributed by atoms with van der Waals surface area (Å²) in [4.78, 5) is 0. The maximum Gasteiger partial charge on any atom is 0.125 e. The molecule has 0 saturated carbocycles. The van der Waals surface area contributed by atoms with E-state index in [-0.39, 0.29) is 37.2 Å². The van der Waals surface area contributed by atoms with Gasteiger partial charge in [-0.1, -0.05) is 82.4 Å². The van der Waals surface area contributed by atoms with Gasteiger partial charge < -0.3 is 0 Å². The van der Waals surface area contributed by atoms with E-state index in [4.69, 9.17) is 0 Å². The molecule has 0 aliphatic heterocycles. The van der Waals surface area contributed by atoms with Gasteiger partial charge in [-0.3, -0.25) is 0 Å². The molecule has 0 N–H and O–H groups in total. The quantitative estimate of drug-likeness (QED) is 0.722. The molecule has 100 valence electrons. The third-order valence-corrected chi connectivity index (χ3v) is 3.10. The second-order valence-corrected chi connectivity index (χ2v) is 4.20. The Kier molecular flexibility index (Phi) is 21.1. The highest BCUT2D eigenvalue weighted by Crippen LogP contribution is 1.95. The van der Waals surface area contributed by atoms with Crippen molar-refractivity contribution in [3.05, 3.63) is 71.8 Å². The summed E-state index contributed by atoms with van der Waals surface area (Å²) < 4.78 is 0. The molecule has 0 nitrogen and oxygen atoms in total. The Balaban J connectivity index is -0.000000233. The summed E-state index contributed by atoms with van der Waals surface area (Å²) in [6.45, 7) is 0. The molecule has 0 unspecified atom stereocenters. The van der Waals surface area contributed by atoms with E-state index in [0.29, 0.717) is 0 Å². The van der Waals surface area contributed by atoms with Crippen molar-refractivity contribution in [2.24, 2.45) is 0 Å². The van der Waals surface area contributed by atoms with E-state index in [9.17, 15) is 0 Å². The van der Waals surface area contributed by atoms with Crippen LogP contribution in [0, 0.1) is 0 Å². The minimum absolute atomic E-state index is 0. The van der Waals surface area contributed by atoms with E-state index >= 15 is 0 Å². The van der Waals surface area contributed by atoms with Crippen LogP contribution in [0.3, 0.4) is 0 Å². The summed E-state index contributed by atoms with van der Waals surface area (Å²) in [7, 11) is 0. The Hall–Kier alpha value is 0.375. The molecule has 0 heterocycles. The van der Waals surface area contributed by atoms with E-state index in [2.05, 4.69) is 81.1 Å². The molecule has 2 rings (SSSR count). The maximum atomic E-state index is 2.69. The highest BCUT2D eigenvalue weighted by Gasteiger charge is 1.80. The molecule has 0 amide bonds. The van der Waals surface area contributed by atoms with Gasteiger partial charge in [-0.2, -0.15) is 0 Å². The summed E-state index contributed by atoms with van der Waals surface area (Å²) in [5.41, 5.74) is 2.75. The molecular formula is C14H17Al2Cl3. The van der Waals surface area contributed by atoms with Gasteiger partial charge in [0.2, 0.25) is 0 Å². The van der Waals surface area contributed by atoms with Crippen molar-refractivity contribution in [3.63, 3.8) is 0 Å². The molecular weight excluding hydrogens is 328 g/mol. The predicted octanol–water partition coefficient (Wildman–Crippen LogP) is 3.98. The fraction of sp³-hybridized carbons (Fsp3) is 0.143. The lowest BCUT2D eigenvalue weighted by Crippen LogP contribution is -1.78. The van der Waals surface area contributed by atoms with E-state index in [1.807, 2.05) is 12.1 Å². The average Bonchev–Trinajstić information content (AvgIpc) is 2.41. The lowest BCUT2D eigenvalue weighted by atomic mass is 10.2. The topological polar surface area (TPSA) is 0 Å². The Morgan fingerprint density at radius 1 is 0.526 bits per heavy atom. The smallest absolute Gasteiger partial charge is 0.125 e. The average molecular weight is 346 g/mol. The van der Waals surface area contributed by atoms with Crippen molar-refractivity contribution < 1.29 is 0 Å². The first-order chi connectivity index (χ1) is 7.86. The number of hydrogen-bond donors (Lipinski definition) is 0. The molecule has 4 radical (unpaired) electrons. The van der Waals surface area contributed by atoms with Crippen LogP contribution in [0.1, 0.15) is 11.1 Å². The second kappa shape index (κ2) is 16.4. The third kappa shape index (κ3) is 11.9. The van der Waals surface area contributed by atoms with Gasteiger partial charge in [-0.25, -0.2) is 0 Å². The van der Waals surface area contributed by atoms with Gasteiger partial charge in [0.1, 0.15) is 32.6 Å². The summed E-state index contributed by atoms with van der Waals surface area (Å²) in [6.07, 6.45) is 0. The Labute approximate surface area is 151 Å². The lowest BCUT2D eigenvalue weighted by molar-refractivity contribution is 1.40. The first-order valence-electron chi connectivity index (χ1n) is 5.34. The molecule has 5 heteroatoms. The molecule has 0 bridgehead atoms. The van der Waals surface area contributed by atoms with Crippen molar-refractivity contribution in [1.29, 1.82) is 0 Å². The molecule has 0 spiro atoms. The van der Waals surface area contributed by atoms with Gasteiger partial charge in [0.05, 0.1) is 0 Å². The van der Waals surface area contributed by atoms with Gasteiger partial charge in [0.15, 0.2) is 0 Å².